The van der Waals surface area contributed by atoms with Gasteiger partial charge in [-0.1, -0.05) is 42.5 Å². The highest BCUT2D eigenvalue weighted by Crippen LogP contribution is 2.56. The number of fused-ring (bicyclic) bond motifs is 1. The first-order valence-corrected chi connectivity index (χ1v) is 11.4. The summed E-state index contributed by atoms with van der Waals surface area (Å²) in [7, 11) is 0. The molecule has 0 saturated heterocycles. The minimum atomic E-state index is -0.127. The Balaban J connectivity index is 1.30. The van der Waals surface area contributed by atoms with Crippen molar-refractivity contribution in [1.82, 2.24) is 20.4 Å². The van der Waals surface area contributed by atoms with Crippen molar-refractivity contribution in [2.24, 2.45) is 11.8 Å². The van der Waals surface area contributed by atoms with Crippen LogP contribution >= 0.6 is 11.6 Å². The van der Waals surface area contributed by atoms with Gasteiger partial charge in [-0.25, -0.2) is 0 Å². The fourth-order valence-electron chi connectivity index (χ4n) is 6.37. The zero-order valence-corrected chi connectivity index (χ0v) is 17.7. The van der Waals surface area contributed by atoms with Gasteiger partial charge in [-0.3, -0.25) is 14.3 Å². The number of aromatic nitrogens is 2. The molecule has 0 aliphatic heterocycles. The molecular formula is C22H29ClN4O2. The third-order valence-corrected chi connectivity index (χ3v) is 7.99. The SMILES string of the molecule is CC(=O)N[C@]12CC=C3C[C@H](NC(=O)c4cnn(C5CCCCC5)c4Cl)C(C1)C3C2. The van der Waals surface area contributed by atoms with Crippen LogP contribution in [0.1, 0.15) is 81.1 Å². The third-order valence-electron chi connectivity index (χ3n) is 7.62. The van der Waals surface area contributed by atoms with Crippen LogP contribution in [0, 0.1) is 11.8 Å². The van der Waals surface area contributed by atoms with Crippen LogP contribution in [-0.2, 0) is 4.79 Å². The molecule has 2 unspecified atom stereocenters. The van der Waals surface area contributed by atoms with Crippen LogP contribution in [0.5, 0.6) is 0 Å². The van der Waals surface area contributed by atoms with Crippen molar-refractivity contribution in [2.75, 3.05) is 0 Å². The molecule has 2 N–H and O–H groups in total. The average molecular weight is 417 g/mol. The second-order valence-electron chi connectivity index (χ2n) is 9.49. The molecule has 1 aromatic rings. The molecule has 2 amide bonds. The molecule has 29 heavy (non-hydrogen) atoms. The highest BCUT2D eigenvalue weighted by Gasteiger charge is 2.55. The number of nitrogens with zero attached hydrogens (tertiary/aromatic N) is 2. The van der Waals surface area contributed by atoms with E-state index in [4.69, 9.17) is 11.6 Å². The normalized spacial score (nSPS) is 33.4. The number of rotatable bonds is 4. The Kier molecular flexibility index (Phi) is 4.72. The number of hydrogen-bond acceptors (Lipinski definition) is 3. The standard InChI is InChI=1S/C22H29ClN4O2/c1-13(28)26-22-8-7-14-9-19(17(11-22)16(14)10-22)25-21(29)18-12-24-27(20(18)23)15-5-3-2-4-6-15/h7,12,15-17,19H,2-6,8-11H2,1H3,(H,25,29)(H,26,28)/t16?,17?,19-,22-/m0/s1. The fraction of sp³-hybridized carbons (Fsp3) is 0.682. The van der Waals surface area contributed by atoms with E-state index >= 15 is 0 Å². The maximum Gasteiger partial charge on any atom is 0.256 e. The monoisotopic (exact) mass is 416 g/mol. The highest BCUT2D eigenvalue weighted by atomic mass is 35.5. The van der Waals surface area contributed by atoms with Gasteiger partial charge in [-0.15, -0.1) is 0 Å². The molecule has 0 aromatic carbocycles. The summed E-state index contributed by atoms with van der Waals surface area (Å²) < 4.78 is 1.85. The molecule has 1 heterocycles. The van der Waals surface area contributed by atoms with E-state index in [-0.39, 0.29) is 23.4 Å². The summed E-state index contributed by atoms with van der Waals surface area (Å²) in [6.07, 6.45) is 13.5. The van der Waals surface area contributed by atoms with Gasteiger partial charge in [0.2, 0.25) is 5.91 Å². The van der Waals surface area contributed by atoms with Gasteiger partial charge >= 0.3 is 0 Å². The first-order chi connectivity index (χ1) is 14.0. The number of hydrogen-bond donors (Lipinski definition) is 2. The predicted octanol–water partition coefficient (Wildman–Crippen LogP) is 3.78. The molecule has 3 saturated carbocycles. The summed E-state index contributed by atoms with van der Waals surface area (Å²) in [6, 6.07) is 0.408. The third kappa shape index (κ3) is 3.29. The van der Waals surface area contributed by atoms with Crippen LogP contribution in [0.3, 0.4) is 0 Å². The predicted molar refractivity (Wildman–Crippen MR) is 111 cm³/mol. The van der Waals surface area contributed by atoms with Gasteiger partial charge < -0.3 is 10.6 Å². The van der Waals surface area contributed by atoms with Crippen LogP contribution in [0.25, 0.3) is 0 Å². The van der Waals surface area contributed by atoms with E-state index in [1.807, 2.05) is 4.68 Å². The van der Waals surface area contributed by atoms with E-state index in [0.717, 1.165) is 38.5 Å². The van der Waals surface area contributed by atoms with E-state index in [1.165, 1.54) is 24.8 Å². The molecule has 3 fully saturated rings. The summed E-state index contributed by atoms with van der Waals surface area (Å²) in [5.74, 6) is 0.761. The van der Waals surface area contributed by atoms with Gasteiger partial charge in [0.25, 0.3) is 5.91 Å². The lowest BCUT2D eigenvalue weighted by atomic mass is 9.83. The van der Waals surface area contributed by atoms with Gasteiger partial charge in [-0.2, -0.15) is 5.10 Å². The van der Waals surface area contributed by atoms with Gasteiger partial charge in [0.1, 0.15) is 5.15 Å². The maximum atomic E-state index is 13.0. The number of nitrogens with one attached hydrogen (secondary N) is 2. The molecule has 4 atom stereocenters. The van der Waals surface area contributed by atoms with Crippen molar-refractivity contribution in [2.45, 2.75) is 82.3 Å². The largest absolute Gasteiger partial charge is 0.351 e. The van der Waals surface area contributed by atoms with Crippen molar-refractivity contribution < 1.29 is 9.59 Å². The second-order valence-corrected chi connectivity index (χ2v) is 9.85. The van der Waals surface area contributed by atoms with Crippen LogP contribution in [0.15, 0.2) is 17.8 Å². The van der Waals surface area contributed by atoms with E-state index in [1.54, 1.807) is 13.1 Å². The molecule has 5 rings (SSSR count). The number of carbonyl (C=O) groups excluding carboxylic acids is 2. The lowest BCUT2D eigenvalue weighted by Crippen LogP contribution is -2.48. The summed E-state index contributed by atoms with van der Waals surface area (Å²) >= 11 is 6.57. The summed E-state index contributed by atoms with van der Waals surface area (Å²) in [6.45, 7) is 1.59. The molecule has 156 valence electrons. The average Bonchev–Trinajstić information content (AvgIpc) is 3.31. The smallest absolute Gasteiger partial charge is 0.256 e. The second kappa shape index (κ2) is 7.15. The molecule has 6 nitrogen and oxygen atoms in total. The molecule has 2 bridgehead atoms. The van der Waals surface area contributed by atoms with Crippen LogP contribution < -0.4 is 10.6 Å². The summed E-state index contributed by atoms with van der Waals surface area (Å²) in [5, 5.41) is 11.4. The van der Waals surface area contributed by atoms with Crippen molar-refractivity contribution in [3.63, 3.8) is 0 Å². The van der Waals surface area contributed by atoms with Crippen LogP contribution in [0.2, 0.25) is 5.15 Å². The topological polar surface area (TPSA) is 76.0 Å². The first kappa shape index (κ1) is 19.2. The Hall–Kier alpha value is -1.82. The Morgan fingerprint density at radius 2 is 2.03 bits per heavy atom. The number of halogens is 1. The molecular weight excluding hydrogens is 388 g/mol. The maximum absolute atomic E-state index is 13.0. The summed E-state index contributed by atoms with van der Waals surface area (Å²) in [5.41, 5.74) is 1.80. The van der Waals surface area contributed by atoms with E-state index in [2.05, 4.69) is 21.8 Å². The molecule has 7 heteroatoms. The van der Waals surface area contributed by atoms with Crippen molar-refractivity contribution >= 4 is 23.4 Å². The van der Waals surface area contributed by atoms with Gasteiger partial charge in [0.15, 0.2) is 0 Å². The van der Waals surface area contributed by atoms with Crippen molar-refractivity contribution in [3.05, 3.63) is 28.6 Å². The van der Waals surface area contributed by atoms with Crippen LogP contribution in [-0.4, -0.2) is 33.2 Å². The lowest BCUT2D eigenvalue weighted by molar-refractivity contribution is -0.120. The number of amides is 2. The zero-order valence-electron chi connectivity index (χ0n) is 16.9. The lowest BCUT2D eigenvalue weighted by Gasteiger charge is -2.34. The van der Waals surface area contributed by atoms with E-state index in [0.29, 0.717) is 28.6 Å². The Labute approximate surface area is 176 Å². The first-order valence-electron chi connectivity index (χ1n) is 11.0. The van der Waals surface area contributed by atoms with Gasteiger partial charge in [-0.05, 0) is 50.4 Å². The van der Waals surface area contributed by atoms with Gasteiger partial charge in [0.05, 0.1) is 17.8 Å². The Morgan fingerprint density at radius 1 is 1.24 bits per heavy atom. The number of carbonyl (C=O) groups is 2. The van der Waals surface area contributed by atoms with Crippen molar-refractivity contribution in [3.8, 4) is 0 Å². The highest BCUT2D eigenvalue weighted by molar-refractivity contribution is 6.32. The zero-order chi connectivity index (χ0) is 20.2. The Bertz CT molecular complexity index is 872. The van der Waals surface area contributed by atoms with Crippen molar-refractivity contribution in [1.29, 1.82) is 0 Å². The van der Waals surface area contributed by atoms with E-state index < -0.39 is 0 Å². The Morgan fingerprint density at radius 3 is 2.79 bits per heavy atom. The quantitative estimate of drug-likeness (QED) is 0.733. The minimum absolute atomic E-state index is 0.0318. The minimum Gasteiger partial charge on any atom is -0.351 e. The van der Waals surface area contributed by atoms with E-state index in [9.17, 15) is 9.59 Å². The fourth-order valence-corrected chi connectivity index (χ4v) is 6.69. The molecule has 0 spiro atoms. The molecule has 1 aromatic heterocycles. The molecule has 4 aliphatic rings. The molecule has 0 radical (unpaired) electrons. The van der Waals surface area contributed by atoms with Crippen LogP contribution in [0.4, 0.5) is 0 Å². The van der Waals surface area contributed by atoms with Gasteiger partial charge in [0, 0.05) is 18.5 Å². The molecule has 4 aliphatic carbocycles. The summed E-state index contributed by atoms with van der Waals surface area (Å²) in [4.78, 5) is 24.7.